The fourth-order valence-electron chi connectivity index (χ4n) is 1.91. The Bertz CT molecular complexity index is 367. The molecule has 1 aliphatic heterocycles. The van der Waals surface area contributed by atoms with E-state index in [4.69, 9.17) is 4.74 Å². The summed E-state index contributed by atoms with van der Waals surface area (Å²) >= 11 is 0. The van der Waals surface area contributed by atoms with Crippen LogP contribution < -0.4 is 5.32 Å². The Morgan fingerprint density at radius 3 is 2.94 bits per heavy atom. The molecule has 1 saturated heterocycles. The first-order chi connectivity index (χ1) is 8.27. The monoisotopic (exact) mass is 234 g/mol. The van der Waals surface area contributed by atoms with Gasteiger partial charge < -0.3 is 15.0 Å². The van der Waals surface area contributed by atoms with E-state index in [1.54, 1.807) is 4.90 Å². The highest BCUT2D eigenvalue weighted by atomic mass is 16.6. The lowest BCUT2D eigenvalue weighted by Gasteiger charge is -2.32. The van der Waals surface area contributed by atoms with Crippen LogP contribution in [-0.4, -0.2) is 36.7 Å². The molecule has 4 nitrogen and oxygen atoms in total. The first-order valence-electron chi connectivity index (χ1n) is 5.95. The molecule has 1 fully saturated rings. The summed E-state index contributed by atoms with van der Waals surface area (Å²) in [7, 11) is 0. The van der Waals surface area contributed by atoms with E-state index < -0.39 is 0 Å². The summed E-state index contributed by atoms with van der Waals surface area (Å²) in [6.07, 6.45) is -0.220. The molecule has 1 N–H and O–H groups in total. The van der Waals surface area contributed by atoms with E-state index in [9.17, 15) is 4.79 Å². The summed E-state index contributed by atoms with van der Waals surface area (Å²) in [4.78, 5) is 13.6. The maximum Gasteiger partial charge on any atom is 0.410 e. The zero-order valence-corrected chi connectivity index (χ0v) is 10.1. The third kappa shape index (κ3) is 3.20. The topological polar surface area (TPSA) is 41.6 Å². The molecule has 0 unspecified atom stereocenters. The normalized spacial score (nSPS) is 20.1. The van der Waals surface area contributed by atoms with Crippen molar-refractivity contribution in [2.75, 3.05) is 19.6 Å². The lowest BCUT2D eigenvalue weighted by Crippen LogP contribution is -2.52. The first-order valence-corrected chi connectivity index (χ1v) is 5.95. The second kappa shape index (κ2) is 5.68. The highest BCUT2D eigenvalue weighted by Crippen LogP contribution is 2.07. The van der Waals surface area contributed by atoms with Crippen molar-refractivity contribution in [1.29, 1.82) is 0 Å². The number of amides is 1. The van der Waals surface area contributed by atoms with E-state index in [1.807, 2.05) is 37.3 Å². The van der Waals surface area contributed by atoms with Crippen molar-refractivity contribution in [1.82, 2.24) is 10.2 Å². The minimum Gasteiger partial charge on any atom is -0.445 e. The van der Waals surface area contributed by atoms with E-state index in [2.05, 4.69) is 5.32 Å². The van der Waals surface area contributed by atoms with Gasteiger partial charge in [-0.3, -0.25) is 0 Å². The minimum absolute atomic E-state index is 0.201. The molecule has 17 heavy (non-hydrogen) atoms. The van der Waals surface area contributed by atoms with Gasteiger partial charge in [-0.15, -0.1) is 0 Å². The van der Waals surface area contributed by atoms with Crippen molar-refractivity contribution in [3.8, 4) is 0 Å². The van der Waals surface area contributed by atoms with Crippen LogP contribution in [0.2, 0.25) is 0 Å². The summed E-state index contributed by atoms with van der Waals surface area (Å²) in [5, 5.41) is 3.24. The van der Waals surface area contributed by atoms with Gasteiger partial charge in [0.15, 0.2) is 0 Å². The zero-order valence-electron chi connectivity index (χ0n) is 10.1. The van der Waals surface area contributed by atoms with Crippen molar-refractivity contribution < 1.29 is 9.53 Å². The third-order valence-electron chi connectivity index (χ3n) is 2.94. The van der Waals surface area contributed by atoms with Gasteiger partial charge in [0.1, 0.15) is 6.61 Å². The molecule has 92 valence electrons. The van der Waals surface area contributed by atoms with Crippen LogP contribution in [0.1, 0.15) is 12.5 Å². The van der Waals surface area contributed by atoms with Crippen molar-refractivity contribution in [3.63, 3.8) is 0 Å². The Hall–Kier alpha value is -1.55. The van der Waals surface area contributed by atoms with Gasteiger partial charge in [0, 0.05) is 25.7 Å². The predicted octanol–water partition coefficient (Wildman–Crippen LogP) is 1.62. The van der Waals surface area contributed by atoms with Gasteiger partial charge in [-0.1, -0.05) is 30.3 Å². The predicted molar refractivity (Wildman–Crippen MR) is 65.7 cm³/mol. The van der Waals surface area contributed by atoms with E-state index in [0.29, 0.717) is 6.61 Å². The molecular weight excluding hydrogens is 216 g/mol. The van der Waals surface area contributed by atoms with Crippen LogP contribution in [0.15, 0.2) is 30.3 Å². The summed E-state index contributed by atoms with van der Waals surface area (Å²) in [6.45, 7) is 4.76. The molecule has 0 spiro atoms. The average molecular weight is 234 g/mol. The van der Waals surface area contributed by atoms with Crippen molar-refractivity contribution in [2.24, 2.45) is 0 Å². The van der Waals surface area contributed by atoms with E-state index in [0.717, 1.165) is 25.2 Å². The molecule has 1 aromatic rings. The SMILES string of the molecule is C[C@@H]1CNCCN1C(=O)OCc1ccccc1. The first kappa shape index (κ1) is 11.9. The van der Waals surface area contributed by atoms with Crippen LogP contribution in [0.3, 0.4) is 0 Å². The Morgan fingerprint density at radius 1 is 1.47 bits per heavy atom. The lowest BCUT2D eigenvalue weighted by atomic mass is 10.2. The molecular formula is C13H18N2O2. The van der Waals surface area contributed by atoms with Crippen LogP contribution in [0.4, 0.5) is 4.79 Å². The minimum atomic E-state index is -0.220. The number of ether oxygens (including phenoxy) is 1. The maximum atomic E-state index is 11.9. The Morgan fingerprint density at radius 2 is 2.24 bits per heavy atom. The fraction of sp³-hybridized carbons (Fsp3) is 0.462. The molecule has 2 rings (SSSR count). The number of carbonyl (C=O) groups is 1. The second-order valence-corrected chi connectivity index (χ2v) is 4.29. The van der Waals surface area contributed by atoms with Gasteiger partial charge in [0.25, 0.3) is 0 Å². The third-order valence-corrected chi connectivity index (χ3v) is 2.94. The second-order valence-electron chi connectivity index (χ2n) is 4.29. The van der Waals surface area contributed by atoms with Crippen molar-refractivity contribution in [3.05, 3.63) is 35.9 Å². The van der Waals surface area contributed by atoms with Crippen LogP contribution in [0, 0.1) is 0 Å². The molecule has 0 bridgehead atoms. The molecule has 1 aliphatic rings. The quantitative estimate of drug-likeness (QED) is 0.845. The molecule has 0 saturated carbocycles. The molecule has 0 aliphatic carbocycles. The van der Waals surface area contributed by atoms with E-state index in [-0.39, 0.29) is 12.1 Å². The number of nitrogens with zero attached hydrogens (tertiary/aromatic N) is 1. The zero-order chi connectivity index (χ0) is 12.1. The average Bonchev–Trinajstić information content (AvgIpc) is 2.38. The van der Waals surface area contributed by atoms with Crippen LogP contribution in [0.25, 0.3) is 0 Å². The molecule has 1 atom stereocenters. The smallest absolute Gasteiger partial charge is 0.410 e. The summed E-state index contributed by atoms with van der Waals surface area (Å²) in [5.74, 6) is 0. The van der Waals surface area contributed by atoms with Crippen molar-refractivity contribution >= 4 is 6.09 Å². The summed E-state index contributed by atoms with van der Waals surface area (Å²) < 4.78 is 5.30. The van der Waals surface area contributed by atoms with Crippen LogP contribution in [0.5, 0.6) is 0 Å². The van der Waals surface area contributed by atoms with E-state index in [1.165, 1.54) is 0 Å². The number of carbonyl (C=O) groups excluding carboxylic acids is 1. The number of piperazine rings is 1. The number of rotatable bonds is 2. The van der Waals surface area contributed by atoms with Crippen LogP contribution >= 0.6 is 0 Å². The number of hydrogen-bond acceptors (Lipinski definition) is 3. The van der Waals surface area contributed by atoms with Gasteiger partial charge in [0.2, 0.25) is 0 Å². The Balaban J connectivity index is 1.84. The Labute approximate surface area is 102 Å². The van der Waals surface area contributed by atoms with Gasteiger partial charge in [-0.05, 0) is 12.5 Å². The summed E-state index contributed by atoms with van der Waals surface area (Å²) in [6, 6.07) is 9.94. The summed E-state index contributed by atoms with van der Waals surface area (Å²) in [5.41, 5.74) is 1.02. The Kier molecular flexibility index (Phi) is 3.98. The van der Waals surface area contributed by atoms with Gasteiger partial charge in [-0.2, -0.15) is 0 Å². The molecule has 0 radical (unpaired) electrons. The highest BCUT2D eigenvalue weighted by molar-refractivity contribution is 5.68. The van der Waals surface area contributed by atoms with Gasteiger partial charge in [-0.25, -0.2) is 4.79 Å². The number of benzene rings is 1. The van der Waals surface area contributed by atoms with Crippen molar-refractivity contribution in [2.45, 2.75) is 19.6 Å². The molecule has 0 aromatic heterocycles. The molecule has 1 amide bonds. The van der Waals surface area contributed by atoms with Gasteiger partial charge >= 0.3 is 6.09 Å². The molecule has 1 aromatic carbocycles. The van der Waals surface area contributed by atoms with Gasteiger partial charge in [0.05, 0.1) is 0 Å². The largest absolute Gasteiger partial charge is 0.445 e. The number of nitrogens with one attached hydrogen (secondary N) is 1. The maximum absolute atomic E-state index is 11.9. The lowest BCUT2D eigenvalue weighted by molar-refractivity contribution is 0.0759. The van der Waals surface area contributed by atoms with E-state index >= 15 is 0 Å². The highest BCUT2D eigenvalue weighted by Gasteiger charge is 2.23. The standard InChI is InChI=1S/C13H18N2O2/c1-11-9-14-7-8-15(11)13(16)17-10-12-5-3-2-4-6-12/h2-6,11,14H,7-10H2,1H3/t11-/m1/s1. The number of hydrogen-bond donors (Lipinski definition) is 1. The van der Waals surface area contributed by atoms with Crippen LogP contribution in [-0.2, 0) is 11.3 Å². The molecule has 4 heteroatoms. The fourth-order valence-corrected chi connectivity index (χ4v) is 1.91. The molecule has 1 heterocycles.